The molecule has 1 atom stereocenters. The molecule has 0 aliphatic heterocycles. The molecule has 0 unspecified atom stereocenters. The van der Waals surface area contributed by atoms with Crippen LogP contribution in [0.1, 0.15) is 12.7 Å². The lowest BCUT2D eigenvalue weighted by atomic mass is 10.3. The van der Waals surface area contributed by atoms with Crippen molar-refractivity contribution >= 4 is 33.4 Å². The molecule has 1 amide bonds. The van der Waals surface area contributed by atoms with Gasteiger partial charge in [-0.1, -0.05) is 17.8 Å². The predicted octanol–water partition coefficient (Wildman–Crippen LogP) is 0.890. The van der Waals surface area contributed by atoms with Crippen LogP contribution in [0.4, 0.5) is 5.69 Å². The maximum atomic E-state index is 12.2. The molecule has 1 aromatic heterocycles. The standard InChI is InChI=1S/C13H17N5O3S2/c1-8(22-13-17-16-9(2)18(13)3)12(19)15-10-5-4-6-11(7-10)23(14,20)21/h4-8H,1-3H3,(H,15,19)(H2,14,20,21)/t8-/m1/s1. The Kier molecular flexibility index (Phi) is 5.07. The van der Waals surface area contributed by atoms with E-state index in [0.717, 1.165) is 5.82 Å². The van der Waals surface area contributed by atoms with E-state index in [9.17, 15) is 13.2 Å². The van der Waals surface area contributed by atoms with Crippen molar-refractivity contribution in [1.29, 1.82) is 0 Å². The molecule has 0 fully saturated rings. The number of anilines is 1. The van der Waals surface area contributed by atoms with E-state index in [2.05, 4.69) is 15.5 Å². The molecular formula is C13H17N5O3S2. The highest BCUT2D eigenvalue weighted by molar-refractivity contribution is 8.00. The number of benzene rings is 1. The van der Waals surface area contributed by atoms with E-state index in [1.54, 1.807) is 17.6 Å². The van der Waals surface area contributed by atoms with Crippen LogP contribution in [0.15, 0.2) is 34.3 Å². The smallest absolute Gasteiger partial charge is 0.238 e. The van der Waals surface area contributed by atoms with E-state index in [0.29, 0.717) is 10.8 Å². The number of carbonyl (C=O) groups is 1. The van der Waals surface area contributed by atoms with E-state index in [1.165, 1.54) is 30.0 Å². The number of aryl methyl sites for hydroxylation is 1. The second-order valence-electron chi connectivity index (χ2n) is 4.91. The third-order valence-corrected chi connectivity index (χ3v) is 5.18. The summed E-state index contributed by atoms with van der Waals surface area (Å²) in [6.45, 7) is 3.55. The number of hydrogen-bond acceptors (Lipinski definition) is 6. The summed E-state index contributed by atoms with van der Waals surface area (Å²) in [5.41, 5.74) is 0.364. The number of nitrogens with zero attached hydrogens (tertiary/aromatic N) is 3. The Balaban J connectivity index is 2.08. The van der Waals surface area contributed by atoms with Crippen LogP contribution in [-0.2, 0) is 21.9 Å². The van der Waals surface area contributed by atoms with Crippen molar-refractivity contribution in [3.05, 3.63) is 30.1 Å². The first-order valence-electron chi connectivity index (χ1n) is 6.65. The number of carbonyl (C=O) groups excluding carboxylic acids is 1. The van der Waals surface area contributed by atoms with Crippen LogP contribution in [0.25, 0.3) is 0 Å². The molecular weight excluding hydrogens is 338 g/mol. The largest absolute Gasteiger partial charge is 0.325 e. The lowest BCUT2D eigenvalue weighted by Gasteiger charge is -2.12. The SMILES string of the molecule is Cc1nnc(S[C@H](C)C(=O)Nc2cccc(S(N)(=O)=O)c2)n1C. The van der Waals surface area contributed by atoms with Gasteiger partial charge in [-0.25, -0.2) is 13.6 Å². The van der Waals surface area contributed by atoms with Crippen LogP contribution in [-0.4, -0.2) is 34.3 Å². The lowest BCUT2D eigenvalue weighted by molar-refractivity contribution is -0.115. The van der Waals surface area contributed by atoms with Crippen molar-refractivity contribution in [2.75, 3.05) is 5.32 Å². The Labute approximate surface area is 138 Å². The quantitative estimate of drug-likeness (QED) is 0.769. The normalized spacial score (nSPS) is 12.9. The Morgan fingerprint density at radius 2 is 2.09 bits per heavy atom. The number of sulfonamides is 1. The van der Waals surface area contributed by atoms with Crippen LogP contribution >= 0.6 is 11.8 Å². The molecule has 124 valence electrons. The monoisotopic (exact) mass is 355 g/mol. The molecule has 1 heterocycles. The predicted molar refractivity (Wildman–Crippen MR) is 87.5 cm³/mol. The summed E-state index contributed by atoms with van der Waals surface area (Å²) < 4.78 is 24.4. The van der Waals surface area contributed by atoms with Crippen LogP contribution < -0.4 is 10.5 Å². The molecule has 8 nitrogen and oxygen atoms in total. The minimum absolute atomic E-state index is 0.0560. The van der Waals surface area contributed by atoms with E-state index in [-0.39, 0.29) is 10.8 Å². The number of nitrogens with two attached hydrogens (primary N) is 1. The van der Waals surface area contributed by atoms with Gasteiger partial charge in [-0.2, -0.15) is 0 Å². The maximum Gasteiger partial charge on any atom is 0.238 e. The highest BCUT2D eigenvalue weighted by atomic mass is 32.2. The van der Waals surface area contributed by atoms with Gasteiger partial charge in [0.1, 0.15) is 5.82 Å². The molecule has 0 saturated heterocycles. The fraction of sp³-hybridized carbons (Fsp3) is 0.308. The van der Waals surface area contributed by atoms with Crippen molar-refractivity contribution in [2.24, 2.45) is 12.2 Å². The molecule has 0 spiro atoms. The summed E-state index contributed by atoms with van der Waals surface area (Å²) in [6, 6.07) is 5.79. The molecule has 0 aliphatic carbocycles. The molecule has 0 bridgehead atoms. The number of primary sulfonamides is 1. The lowest BCUT2D eigenvalue weighted by Crippen LogP contribution is -2.23. The van der Waals surface area contributed by atoms with Crippen LogP contribution in [0.2, 0.25) is 0 Å². The highest BCUT2D eigenvalue weighted by Crippen LogP contribution is 2.23. The van der Waals surface area contributed by atoms with E-state index in [1.807, 2.05) is 14.0 Å². The van der Waals surface area contributed by atoms with Gasteiger partial charge in [0.05, 0.1) is 10.1 Å². The van der Waals surface area contributed by atoms with E-state index < -0.39 is 15.3 Å². The molecule has 1 aromatic carbocycles. The average molecular weight is 355 g/mol. The van der Waals surface area contributed by atoms with Crippen molar-refractivity contribution in [3.8, 4) is 0 Å². The van der Waals surface area contributed by atoms with E-state index in [4.69, 9.17) is 5.14 Å². The minimum Gasteiger partial charge on any atom is -0.325 e. The molecule has 3 N–H and O–H groups in total. The van der Waals surface area contributed by atoms with E-state index >= 15 is 0 Å². The van der Waals surface area contributed by atoms with Crippen molar-refractivity contribution < 1.29 is 13.2 Å². The topological polar surface area (TPSA) is 120 Å². The second-order valence-corrected chi connectivity index (χ2v) is 7.78. The zero-order valence-electron chi connectivity index (χ0n) is 12.8. The molecule has 2 rings (SSSR count). The number of thioether (sulfide) groups is 1. The van der Waals surface area contributed by atoms with Crippen molar-refractivity contribution in [2.45, 2.75) is 29.1 Å². The van der Waals surface area contributed by atoms with Gasteiger partial charge in [0.2, 0.25) is 15.9 Å². The number of amides is 1. The Morgan fingerprint density at radius 3 is 2.65 bits per heavy atom. The zero-order chi connectivity index (χ0) is 17.2. The van der Waals surface area contributed by atoms with Crippen molar-refractivity contribution in [1.82, 2.24) is 14.8 Å². The summed E-state index contributed by atoms with van der Waals surface area (Å²) >= 11 is 1.26. The maximum absolute atomic E-state index is 12.2. The molecule has 10 heteroatoms. The van der Waals surface area contributed by atoms with Gasteiger partial charge in [0.15, 0.2) is 5.16 Å². The number of nitrogens with one attached hydrogen (secondary N) is 1. The van der Waals surface area contributed by atoms with Gasteiger partial charge < -0.3 is 9.88 Å². The summed E-state index contributed by atoms with van der Waals surface area (Å²) in [4.78, 5) is 12.2. The molecule has 2 aromatic rings. The van der Waals surface area contributed by atoms with Gasteiger partial charge in [0, 0.05) is 12.7 Å². The van der Waals surface area contributed by atoms with Crippen LogP contribution in [0.3, 0.4) is 0 Å². The van der Waals surface area contributed by atoms with Gasteiger partial charge in [-0.05, 0) is 32.0 Å². The average Bonchev–Trinajstić information content (AvgIpc) is 2.78. The third kappa shape index (κ3) is 4.30. The first kappa shape index (κ1) is 17.4. The van der Waals surface area contributed by atoms with Crippen LogP contribution in [0.5, 0.6) is 0 Å². The summed E-state index contributed by atoms with van der Waals surface area (Å²) in [5, 5.41) is 15.9. The Hall–Kier alpha value is -1.91. The Bertz CT molecular complexity index is 832. The molecule has 0 aliphatic rings. The van der Waals surface area contributed by atoms with Gasteiger partial charge in [0.25, 0.3) is 0 Å². The van der Waals surface area contributed by atoms with Gasteiger partial charge in [-0.15, -0.1) is 10.2 Å². The fourth-order valence-electron chi connectivity index (χ4n) is 1.70. The Morgan fingerprint density at radius 1 is 1.39 bits per heavy atom. The van der Waals surface area contributed by atoms with Crippen LogP contribution in [0, 0.1) is 6.92 Å². The number of aromatic nitrogens is 3. The fourth-order valence-corrected chi connectivity index (χ4v) is 3.12. The first-order chi connectivity index (χ1) is 10.7. The zero-order valence-corrected chi connectivity index (χ0v) is 14.5. The summed E-state index contributed by atoms with van der Waals surface area (Å²) in [7, 11) is -1.99. The van der Waals surface area contributed by atoms with Crippen molar-refractivity contribution in [3.63, 3.8) is 0 Å². The van der Waals surface area contributed by atoms with Gasteiger partial charge >= 0.3 is 0 Å². The highest BCUT2D eigenvalue weighted by Gasteiger charge is 2.18. The van der Waals surface area contributed by atoms with Gasteiger partial charge in [-0.3, -0.25) is 4.79 Å². The summed E-state index contributed by atoms with van der Waals surface area (Å²) in [6.07, 6.45) is 0. The summed E-state index contributed by atoms with van der Waals surface area (Å²) in [5.74, 6) is 0.475. The molecule has 0 saturated carbocycles. The first-order valence-corrected chi connectivity index (χ1v) is 9.07. The second kappa shape index (κ2) is 6.69. The minimum atomic E-state index is -3.81. The molecule has 0 radical (unpaired) electrons. The third-order valence-electron chi connectivity index (χ3n) is 3.13. The number of rotatable bonds is 5. The molecule has 23 heavy (non-hydrogen) atoms. The number of hydrogen-bond donors (Lipinski definition) is 2.